The molecule has 0 bridgehead atoms. The molecular weight excluding hydrogens is 459 g/mol. The summed E-state index contributed by atoms with van der Waals surface area (Å²) in [5.74, 6) is -1.46. The van der Waals surface area contributed by atoms with E-state index >= 15 is 0 Å². The Morgan fingerprint density at radius 3 is 2.50 bits per heavy atom. The molecule has 0 radical (unpaired) electrons. The number of rotatable bonds is 6. The number of benzene rings is 1. The molecular formula is C28H33FN4O3. The third kappa shape index (κ3) is 4.91. The fourth-order valence-corrected chi connectivity index (χ4v) is 6.04. The molecule has 1 atom stereocenters. The first kappa shape index (κ1) is 24.6. The lowest BCUT2D eigenvalue weighted by Crippen LogP contribution is -2.53. The van der Waals surface area contributed by atoms with Gasteiger partial charge < -0.3 is 4.90 Å². The second-order valence-electron chi connectivity index (χ2n) is 10.3. The van der Waals surface area contributed by atoms with Crippen molar-refractivity contribution in [3.05, 3.63) is 65.7 Å². The summed E-state index contributed by atoms with van der Waals surface area (Å²) in [6.45, 7) is 2.94. The van der Waals surface area contributed by atoms with Crippen molar-refractivity contribution >= 4 is 17.7 Å². The molecule has 2 aromatic rings. The molecule has 1 aromatic carbocycles. The maximum Gasteiger partial charge on any atom is 0.241 e. The number of likely N-dealkylation sites (tertiary alicyclic amines) is 1. The summed E-state index contributed by atoms with van der Waals surface area (Å²) in [6.07, 6.45) is 9.23. The number of imide groups is 1. The van der Waals surface area contributed by atoms with E-state index in [0.29, 0.717) is 24.7 Å². The van der Waals surface area contributed by atoms with Crippen molar-refractivity contribution in [2.75, 3.05) is 26.2 Å². The van der Waals surface area contributed by atoms with Crippen LogP contribution < -0.4 is 0 Å². The molecule has 36 heavy (non-hydrogen) atoms. The average Bonchev–Trinajstić information content (AvgIpc) is 3.15. The molecule has 0 N–H and O–H groups in total. The Morgan fingerprint density at radius 2 is 1.81 bits per heavy atom. The molecule has 8 heteroatoms. The molecule has 1 aliphatic carbocycles. The van der Waals surface area contributed by atoms with Gasteiger partial charge in [0, 0.05) is 57.5 Å². The molecule has 3 heterocycles. The number of amides is 3. The largest absolute Gasteiger partial charge is 0.340 e. The maximum atomic E-state index is 14.3. The maximum absolute atomic E-state index is 14.3. The van der Waals surface area contributed by atoms with E-state index in [1.165, 1.54) is 55.2 Å². The van der Waals surface area contributed by atoms with Gasteiger partial charge >= 0.3 is 0 Å². The van der Waals surface area contributed by atoms with Crippen LogP contribution in [0.1, 0.15) is 56.1 Å². The van der Waals surface area contributed by atoms with Crippen molar-refractivity contribution < 1.29 is 18.8 Å². The number of piperazine rings is 1. The zero-order valence-electron chi connectivity index (χ0n) is 20.6. The van der Waals surface area contributed by atoms with Crippen molar-refractivity contribution in [2.45, 2.75) is 62.9 Å². The number of hydrogen-bond acceptors (Lipinski definition) is 5. The number of hydrogen-bond donors (Lipinski definition) is 0. The van der Waals surface area contributed by atoms with Gasteiger partial charge in [0.15, 0.2) is 0 Å². The summed E-state index contributed by atoms with van der Waals surface area (Å²) in [5, 5.41) is 0. The van der Waals surface area contributed by atoms with Gasteiger partial charge in [0.1, 0.15) is 5.82 Å². The summed E-state index contributed by atoms with van der Waals surface area (Å²) < 4.78 is 14.3. The highest BCUT2D eigenvalue weighted by Crippen LogP contribution is 2.41. The standard InChI is InChI=1S/C28H33FN4O3/c29-23-8-4-7-22(16-23)28(18-26(35)33(27(28)36)20-21-6-5-11-30-19-21)17-25(34)32-14-12-31(13-15-32)24-9-2-1-3-10-24/h4-8,11,16,19,24H,1-3,9-10,12-15,17-18,20H2/t28-/m0/s1. The first-order valence-corrected chi connectivity index (χ1v) is 13.0. The predicted molar refractivity (Wildman–Crippen MR) is 132 cm³/mol. The summed E-state index contributed by atoms with van der Waals surface area (Å²) >= 11 is 0. The highest BCUT2D eigenvalue weighted by Gasteiger charge is 2.54. The van der Waals surface area contributed by atoms with Gasteiger partial charge in [-0.05, 0) is 42.2 Å². The van der Waals surface area contributed by atoms with Gasteiger partial charge in [-0.3, -0.25) is 29.2 Å². The van der Waals surface area contributed by atoms with Gasteiger partial charge in [-0.15, -0.1) is 0 Å². The lowest BCUT2D eigenvalue weighted by atomic mass is 9.75. The van der Waals surface area contributed by atoms with Crippen molar-refractivity contribution in [1.29, 1.82) is 0 Å². The Bertz CT molecular complexity index is 1110. The fourth-order valence-electron chi connectivity index (χ4n) is 6.04. The van der Waals surface area contributed by atoms with Crippen LogP contribution in [0.15, 0.2) is 48.8 Å². The summed E-state index contributed by atoms with van der Waals surface area (Å²) in [5.41, 5.74) is -0.304. The summed E-state index contributed by atoms with van der Waals surface area (Å²) in [4.78, 5) is 50.0. The van der Waals surface area contributed by atoms with Gasteiger partial charge in [-0.2, -0.15) is 0 Å². The Hall–Kier alpha value is -3.13. The Morgan fingerprint density at radius 1 is 1.03 bits per heavy atom. The zero-order chi connectivity index (χ0) is 25.1. The van der Waals surface area contributed by atoms with Gasteiger partial charge in [0.25, 0.3) is 0 Å². The van der Waals surface area contributed by atoms with E-state index in [0.717, 1.165) is 18.7 Å². The zero-order valence-corrected chi connectivity index (χ0v) is 20.6. The Labute approximate surface area is 211 Å². The minimum absolute atomic E-state index is 0.0802. The summed E-state index contributed by atoms with van der Waals surface area (Å²) in [7, 11) is 0. The fraction of sp³-hybridized carbons (Fsp3) is 0.500. The molecule has 5 rings (SSSR count). The number of halogens is 1. The summed E-state index contributed by atoms with van der Waals surface area (Å²) in [6, 6.07) is 9.91. The lowest BCUT2D eigenvalue weighted by Gasteiger charge is -2.41. The number of carbonyl (C=O) groups excluding carboxylic acids is 3. The average molecular weight is 493 g/mol. The first-order valence-electron chi connectivity index (χ1n) is 13.0. The van der Waals surface area contributed by atoms with Crippen LogP contribution in [0, 0.1) is 5.82 Å². The van der Waals surface area contributed by atoms with E-state index in [4.69, 9.17) is 0 Å². The van der Waals surface area contributed by atoms with Crippen LogP contribution in [-0.2, 0) is 26.3 Å². The van der Waals surface area contributed by atoms with E-state index in [9.17, 15) is 18.8 Å². The second kappa shape index (κ2) is 10.5. The molecule has 2 aliphatic heterocycles. The van der Waals surface area contributed by atoms with Gasteiger partial charge in [0.2, 0.25) is 17.7 Å². The third-order valence-corrected chi connectivity index (χ3v) is 8.06. The molecule has 3 fully saturated rings. The molecule has 1 saturated carbocycles. The van der Waals surface area contributed by atoms with Crippen LogP contribution in [0.25, 0.3) is 0 Å². The highest BCUT2D eigenvalue weighted by molar-refractivity contribution is 6.10. The third-order valence-electron chi connectivity index (χ3n) is 8.06. The van der Waals surface area contributed by atoms with Gasteiger partial charge in [-0.25, -0.2) is 4.39 Å². The normalized spacial score (nSPS) is 23.9. The Balaban J connectivity index is 1.35. The van der Waals surface area contributed by atoms with Crippen molar-refractivity contribution in [3.8, 4) is 0 Å². The monoisotopic (exact) mass is 492 g/mol. The van der Waals surface area contributed by atoms with E-state index < -0.39 is 17.1 Å². The molecule has 1 aromatic heterocycles. The second-order valence-corrected chi connectivity index (χ2v) is 10.3. The molecule has 0 spiro atoms. The number of aromatic nitrogens is 1. The number of carbonyl (C=O) groups is 3. The minimum Gasteiger partial charge on any atom is -0.340 e. The number of pyridine rings is 1. The highest BCUT2D eigenvalue weighted by atomic mass is 19.1. The van der Waals surface area contributed by atoms with Crippen LogP contribution >= 0.6 is 0 Å². The number of nitrogens with zero attached hydrogens (tertiary/aromatic N) is 4. The molecule has 2 saturated heterocycles. The molecule has 3 amide bonds. The molecule has 7 nitrogen and oxygen atoms in total. The topological polar surface area (TPSA) is 73.8 Å². The SMILES string of the molecule is O=C(C[C@@]1(c2cccc(F)c2)CC(=O)N(Cc2cccnc2)C1=O)N1CCN(C2CCCCC2)CC1. The Kier molecular flexibility index (Phi) is 7.14. The van der Waals surface area contributed by atoms with Gasteiger partial charge in [0.05, 0.1) is 12.0 Å². The lowest BCUT2D eigenvalue weighted by molar-refractivity contribution is -0.143. The van der Waals surface area contributed by atoms with Crippen molar-refractivity contribution in [2.24, 2.45) is 0 Å². The van der Waals surface area contributed by atoms with Crippen LogP contribution in [0.3, 0.4) is 0 Å². The predicted octanol–water partition coefficient (Wildman–Crippen LogP) is 3.28. The molecule has 3 aliphatic rings. The first-order chi connectivity index (χ1) is 17.5. The van der Waals surface area contributed by atoms with Crippen LogP contribution in [-0.4, -0.2) is 69.6 Å². The van der Waals surface area contributed by atoms with Crippen molar-refractivity contribution in [1.82, 2.24) is 19.7 Å². The van der Waals surface area contributed by atoms with Gasteiger partial charge in [-0.1, -0.05) is 37.5 Å². The quantitative estimate of drug-likeness (QED) is 0.579. The van der Waals surface area contributed by atoms with E-state index in [1.807, 2.05) is 4.90 Å². The molecule has 0 unspecified atom stereocenters. The van der Waals surface area contributed by atoms with Crippen LogP contribution in [0.5, 0.6) is 0 Å². The molecule has 190 valence electrons. The van der Waals surface area contributed by atoms with E-state index in [-0.39, 0.29) is 31.2 Å². The van der Waals surface area contributed by atoms with Crippen LogP contribution in [0.2, 0.25) is 0 Å². The smallest absolute Gasteiger partial charge is 0.241 e. The van der Waals surface area contributed by atoms with Crippen molar-refractivity contribution in [3.63, 3.8) is 0 Å². The minimum atomic E-state index is -1.40. The van der Waals surface area contributed by atoms with Crippen LogP contribution in [0.4, 0.5) is 4.39 Å². The van der Waals surface area contributed by atoms with E-state index in [1.54, 1.807) is 30.6 Å². The van der Waals surface area contributed by atoms with E-state index in [2.05, 4.69) is 9.88 Å².